The largest absolute Gasteiger partial charge is 0.507 e. The van der Waals surface area contributed by atoms with E-state index in [1.54, 1.807) is 0 Å². The molecule has 2 rings (SSSR count). The monoisotopic (exact) mass is 277 g/mol. The van der Waals surface area contributed by atoms with Gasteiger partial charge in [0.25, 0.3) is 0 Å². The molecular weight excluding hydrogens is 250 g/mol. The maximum absolute atomic E-state index is 9.74. The highest BCUT2D eigenvalue weighted by atomic mass is 16.5. The van der Waals surface area contributed by atoms with Gasteiger partial charge >= 0.3 is 0 Å². The summed E-state index contributed by atoms with van der Waals surface area (Å²) in [6.07, 6.45) is 6.97. The van der Waals surface area contributed by atoms with Crippen LogP contribution in [-0.2, 0) is 11.3 Å². The van der Waals surface area contributed by atoms with Crippen molar-refractivity contribution in [3.8, 4) is 5.75 Å². The standard InChI is InChI=1S/C17H27NO2/c1-13-10-15(11-14(2)17(13)19)12-18-8-9-20-16-6-4-3-5-7-16/h10-11,16,18-19H,3-9,12H2,1-2H3. The van der Waals surface area contributed by atoms with Gasteiger partial charge in [-0.2, -0.15) is 0 Å². The SMILES string of the molecule is Cc1cc(CNCCOC2CCCCC2)cc(C)c1O. The number of aryl methyl sites for hydroxylation is 2. The third-order valence-corrected chi connectivity index (χ3v) is 4.06. The highest BCUT2D eigenvalue weighted by Gasteiger charge is 2.12. The van der Waals surface area contributed by atoms with Crippen LogP contribution in [0.3, 0.4) is 0 Å². The smallest absolute Gasteiger partial charge is 0.121 e. The van der Waals surface area contributed by atoms with Gasteiger partial charge in [-0.25, -0.2) is 0 Å². The van der Waals surface area contributed by atoms with Crippen molar-refractivity contribution in [2.24, 2.45) is 0 Å². The zero-order valence-electron chi connectivity index (χ0n) is 12.7. The van der Waals surface area contributed by atoms with Gasteiger partial charge < -0.3 is 15.2 Å². The van der Waals surface area contributed by atoms with Gasteiger partial charge in [-0.05, 0) is 43.4 Å². The molecule has 0 amide bonds. The van der Waals surface area contributed by atoms with Crippen LogP contribution in [0.4, 0.5) is 0 Å². The van der Waals surface area contributed by atoms with Gasteiger partial charge in [-0.3, -0.25) is 0 Å². The molecule has 1 aliphatic carbocycles. The van der Waals surface area contributed by atoms with Crippen molar-refractivity contribution in [3.05, 3.63) is 28.8 Å². The Morgan fingerprint density at radius 1 is 1.15 bits per heavy atom. The Labute approximate surface area is 122 Å². The van der Waals surface area contributed by atoms with Crippen LogP contribution < -0.4 is 5.32 Å². The Morgan fingerprint density at radius 2 is 1.80 bits per heavy atom. The first kappa shape index (κ1) is 15.3. The van der Waals surface area contributed by atoms with Crippen molar-refractivity contribution in [2.75, 3.05) is 13.2 Å². The molecule has 0 heterocycles. The average Bonchev–Trinajstić information content (AvgIpc) is 2.45. The molecule has 2 N–H and O–H groups in total. The van der Waals surface area contributed by atoms with Crippen LogP contribution in [0, 0.1) is 13.8 Å². The van der Waals surface area contributed by atoms with Crippen LogP contribution in [0.15, 0.2) is 12.1 Å². The zero-order valence-corrected chi connectivity index (χ0v) is 12.7. The third kappa shape index (κ3) is 4.50. The van der Waals surface area contributed by atoms with Gasteiger partial charge in [0.1, 0.15) is 5.75 Å². The normalized spacial score (nSPS) is 16.5. The van der Waals surface area contributed by atoms with Crippen LogP contribution in [0.25, 0.3) is 0 Å². The summed E-state index contributed by atoms with van der Waals surface area (Å²) < 4.78 is 5.88. The minimum atomic E-state index is 0.411. The van der Waals surface area contributed by atoms with E-state index in [9.17, 15) is 5.11 Å². The number of phenols is 1. The molecule has 112 valence electrons. The molecule has 0 unspecified atom stereocenters. The summed E-state index contributed by atoms with van der Waals surface area (Å²) in [4.78, 5) is 0. The first-order valence-electron chi connectivity index (χ1n) is 7.78. The Bertz CT molecular complexity index is 402. The fourth-order valence-corrected chi connectivity index (χ4v) is 2.91. The van der Waals surface area contributed by atoms with E-state index in [2.05, 4.69) is 5.32 Å². The molecule has 1 aliphatic rings. The van der Waals surface area contributed by atoms with Gasteiger partial charge in [0.05, 0.1) is 12.7 Å². The van der Waals surface area contributed by atoms with E-state index in [0.717, 1.165) is 30.8 Å². The molecule has 3 heteroatoms. The number of hydrogen-bond acceptors (Lipinski definition) is 3. The van der Waals surface area contributed by atoms with Crippen LogP contribution in [0.2, 0.25) is 0 Å². The van der Waals surface area contributed by atoms with Gasteiger partial charge in [0, 0.05) is 13.1 Å². The van der Waals surface area contributed by atoms with E-state index >= 15 is 0 Å². The lowest BCUT2D eigenvalue weighted by atomic mass is 9.98. The quantitative estimate of drug-likeness (QED) is 0.783. The zero-order chi connectivity index (χ0) is 14.4. The summed E-state index contributed by atoms with van der Waals surface area (Å²) >= 11 is 0. The van der Waals surface area contributed by atoms with Crippen molar-refractivity contribution in [1.29, 1.82) is 0 Å². The minimum absolute atomic E-state index is 0.411. The fraction of sp³-hybridized carbons (Fsp3) is 0.647. The molecule has 1 aromatic rings. The Hall–Kier alpha value is -1.06. The molecule has 0 bridgehead atoms. The third-order valence-electron chi connectivity index (χ3n) is 4.06. The van der Waals surface area contributed by atoms with E-state index in [0.29, 0.717) is 11.9 Å². The molecule has 0 saturated heterocycles. The van der Waals surface area contributed by atoms with Gasteiger partial charge in [-0.1, -0.05) is 31.4 Å². The van der Waals surface area contributed by atoms with Crippen LogP contribution in [0.5, 0.6) is 5.75 Å². The average molecular weight is 277 g/mol. The predicted molar refractivity (Wildman–Crippen MR) is 82.1 cm³/mol. The second-order valence-corrected chi connectivity index (χ2v) is 5.89. The van der Waals surface area contributed by atoms with Crippen LogP contribution >= 0.6 is 0 Å². The van der Waals surface area contributed by atoms with Crippen LogP contribution in [0.1, 0.15) is 48.8 Å². The number of rotatable bonds is 6. The lowest BCUT2D eigenvalue weighted by Crippen LogP contribution is -2.24. The molecule has 1 saturated carbocycles. The fourth-order valence-electron chi connectivity index (χ4n) is 2.91. The maximum Gasteiger partial charge on any atom is 0.121 e. The summed E-state index contributed by atoms with van der Waals surface area (Å²) in [6, 6.07) is 4.08. The minimum Gasteiger partial charge on any atom is -0.507 e. The maximum atomic E-state index is 9.74. The molecule has 3 nitrogen and oxygen atoms in total. The van der Waals surface area contributed by atoms with Gasteiger partial charge in [-0.15, -0.1) is 0 Å². The van der Waals surface area contributed by atoms with Crippen molar-refractivity contribution in [3.63, 3.8) is 0 Å². The van der Waals surface area contributed by atoms with Crippen LogP contribution in [-0.4, -0.2) is 24.4 Å². The second kappa shape index (κ2) is 7.65. The lowest BCUT2D eigenvalue weighted by molar-refractivity contribution is 0.0302. The Kier molecular flexibility index (Phi) is 5.86. The number of benzene rings is 1. The molecule has 0 spiro atoms. The van der Waals surface area contributed by atoms with Crippen molar-refractivity contribution in [2.45, 2.75) is 58.6 Å². The van der Waals surface area contributed by atoms with Crippen molar-refractivity contribution < 1.29 is 9.84 Å². The molecule has 0 atom stereocenters. The molecule has 0 radical (unpaired) electrons. The molecule has 20 heavy (non-hydrogen) atoms. The van der Waals surface area contributed by atoms with Crippen molar-refractivity contribution >= 4 is 0 Å². The molecule has 0 aliphatic heterocycles. The number of phenolic OH excluding ortho intramolecular Hbond substituents is 1. The lowest BCUT2D eigenvalue weighted by Gasteiger charge is -2.22. The molecule has 1 aromatic carbocycles. The summed E-state index contributed by atoms with van der Waals surface area (Å²) in [5.41, 5.74) is 3.11. The Morgan fingerprint density at radius 3 is 2.45 bits per heavy atom. The van der Waals surface area contributed by atoms with E-state index in [4.69, 9.17) is 4.74 Å². The second-order valence-electron chi connectivity index (χ2n) is 5.89. The topological polar surface area (TPSA) is 41.5 Å². The van der Waals surface area contributed by atoms with Crippen molar-refractivity contribution in [1.82, 2.24) is 5.32 Å². The first-order valence-corrected chi connectivity index (χ1v) is 7.78. The number of nitrogens with one attached hydrogen (secondary N) is 1. The van der Waals surface area contributed by atoms with E-state index < -0.39 is 0 Å². The van der Waals surface area contributed by atoms with E-state index in [1.165, 1.54) is 37.7 Å². The molecule has 0 aromatic heterocycles. The summed E-state index contributed by atoms with van der Waals surface area (Å²) in [5.74, 6) is 0.411. The number of aromatic hydroxyl groups is 1. The highest BCUT2D eigenvalue weighted by Crippen LogP contribution is 2.23. The number of hydrogen-bond donors (Lipinski definition) is 2. The first-order chi connectivity index (χ1) is 9.66. The van der Waals surface area contributed by atoms with Gasteiger partial charge in [0.15, 0.2) is 0 Å². The highest BCUT2D eigenvalue weighted by molar-refractivity contribution is 5.42. The summed E-state index contributed by atoms with van der Waals surface area (Å²) in [7, 11) is 0. The molecular formula is C17H27NO2. The number of ether oxygens (including phenoxy) is 1. The van der Waals surface area contributed by atoms with E-state index in [1.807, 2.05) is 26.0 Å². The Balaban J connectivity index is 1.65. The van der Waals surface area contributed by atoms with E-state index in [-0.39, 0.29) is 0 Å². The summed E-state index contributed by atoms with van der Waals surface area (Å²) in [6.45, 7) is 6.39. The van der Waals surface area contributed by atoms with Gasteiger partial charge in [0.2, 0.25) is 0 Å². The predicted octanol–water partition coefficient (Wildman–Crippen LogP) is 3.45. The summed E-state index contributed by atoms with van der Waals surface area (Å²) in [5, 5.41) is 13.2. The molecule has 1 fully saturated rings.